The van der Waals surface area contributed by atoms with Gasteiger partial charge in [0.1, 0.15) is 5.01 Å². The SMILES string of the molecule is CCCNCc1sc(CSC(C)(C)C)nc1C(C)(C)C. The van der Waals surface area contributed by atoms with Crippen LogP contribution in [0.3, 0.4) is 0 Å². The Bertz CT molecular complexity index is 411. The quantitative estimate of drug-likeness (QED) is 0.750. The van der Waals surface area contributed by atoms with Crippen LogP contribution in [0.2, 0.25) is 0 Å². The van der Waals surface area contributed by atoms with E-state index in [1.807, 2.05) is 23.1 Å². The zero-order chi connectivity index (χ0) is 15.4. The molecule has 1 aromatic heterocycles. The monoisotopic (exact) mass is 314 g/mol. The van der Waals surface area contributed by atoms with E-state index in [-0.39, 0.29) is 5.41 Å². The molecule has 0 aliphatic rings. The summed E-state index contributed by atoms with van der Waals surface area (Å²) < 4.78 is 0.300. The molecule has 1 aromatic rings. The Morgan fingerprint density at radius 3 is 2.30 bits per heavy atom. The van der Waals surface area contributed by atoms with Crippen molar-refractivity contribution in [3.8, 4) is 0 Å². The molecule has 1 rings (SSSR count). The lowest BCUT2D eigenvalue weighted by molar-refractivity contribution is 0.558. The summed E-state index contributed by atoms with van der Waals surface area (Å²) in [4.78, 5) is 6.33. The molecule has 0 atom stereocenters. The molecule has 0 radical (unpaired) electrons. The second-order valence-electron chi connectivity index (χ2n) is 7.21. The predicted molar refractivity (Wildman–Crippen MR) is 93.9 cm³/mol. The van der Waals surface area contributed by atoms with Crippen molar-refractivity contribution in [2.24, 2.45) is 0 Å². The molecule has 2 nitrogen and oxygen atoms in total. The summed E-state index contributed by atoms with van der Waals surface area (Å²) in [6.45, 7) is 17.8. The minimum Gasteiger partial charge on any atom is -0.312 e. The molecular formula is C16H30N2S2. The Morgan fingerprint density at radius 1 is 1.15 bits per heavy atom. The predicted octanol–water partition coefficient (Wildman–Crippen LogP) is 4.97. The van der Waals surface area contributed by atoms with E-state index in [0.717, 1.165) is 18.8 Å². The molecule has 0 bridgehead atoms. The Balaban J connectivity index is 2.83. The average molecular weight is 315 g/mol. The van der Waals surface area contributed by atoms with E-state index < -0.39 is 0 Å². The highest BCUT2D eigenvalue weighted by Crippen LogP contribution is 2.34. The van der Waals surface area contributed by atoms with E-state index in [1.54, 1.807) is 0 Å². The van der Waals surface area contributed by atoms with Crippen LogP contribution in [0, 0.1) is 0 Å². The Kier molecular flexibility index (Phi) is 6.55. The van der Waals surface area contributed by atoms with E-state index in [2.05, 4.69) is 53.8 Å². The number of aromatic nitrogens is 1. The van der Waals surface area contributed by atoms with Gasteiger partial charge in [-0.15, -0.1) is 23.1 Å². The number of thioether (sulfide) groups is 1. The zero-order valence-corrected chi connectivity index (χ0v) is 15.7. The molecule has 0 aromatic carbocycles. The van der Waals surface area contributed by atoms with Crippen molar-refractivity contribution in [3.05, 3.63) is 15.6 Å². The van der Waals surface area contributed by atoms with Crippen LogP contribution in [0.25, 0.3) is 0 Å². The lowest BCUT2D eigenvalue weighted by Gasteiger charge is -2.18. The summed E-state index contributed by atoms with van der Waals surface area (Å²) in [6.07, 6.45) is 1.18. The van der Waals surface area contributed by atoms with Crippen LogP contribution in [0.15, 0.2) is 0 Å². The summed E-state index contributed by atoms with van der Waals surface area (Å²) >= 11 is 3.86. The third-order valence-electron chi connectivity index (χ3n) is 2.79. The third-order valence-corrected chi connectivity index (χ3v) is 5.31. The summed E-state index contributed by atoms with van der Waals surface area (Å²) in [7, 11) is 0. The molecular weight excluding hydrogens is 284 g/mol. The topological polar surface area (TPSA) is 24.9 Å². The lowest BCUT2D eigenvalue weighted by Crippen LogP contribution is -2.19. The molecule has 0 amide bonds. The van der Waals surface area contributed by atoms with Gasteiger partial charge in [-0.3, -0.25) is 0 Å². The van der Waals surface area contributed by atoms with Crippen molar-refractivity contribution in [3.63, 3.8) is 0 Å². The fourth-order valence-electron chi connectivity index (χ4n) is 1.82. The first-order chi connectivity index (χ1) is 9.13. The Hall–Kier alpha value is -0.0600. The van der Waals surface area contributed by atoms with E-state index >= 15 is 0 Å². The molecule has 1 N–H and O–H groups in total. The van der Waals surface area contributed by atoms with Crippen LogP contribution in [-0.2, 0) is 17.7 Å². The molecule has 116 valence electrons. The summed E-state index contributed by atoms with van der Waals surface area (Å²) in [5.74, 6) is 1.02. The fourth-order valence-corrected chi connectivity index (χ4v) is 3.90. The summed E-state index contributed by atoms with van der Waals surface area (Å²) in [5, 5.41) is 4.78. The van der Waals surface area contributed by atoms with Crippen LogP contribution in [0.4, 0.5) is 0 Å². The van der Waals surface area contributed by atoms with Crippen molar-refractivity contribution < 1.29 is 0 Å². The van der Waals surface area contributed by atoms with Gasteiger partial charge in [0, 0.05) is 27.3 Å². The van der Waals surface area contributed by atoms with Gasteiger partial charge >= 0.3 is 0 Å². The Morgan fingerprint density at radius 2 is 1.80 bits per heavy atom. The van der Waals surface area contributed by atoms with Gasteiger partial charge in [-0.05, 0) is 13.0 Å². The van der Waals surface area contributed by atoms with E-state index in [1.165, 1.54) is 22.0 Å². The van der Waals surface area contributed by atoms with Crippen molar-refractivity contribution in [2.75, 3.05) is 6.54 Å². The first kappa shape index (κ1) is 18.0. The number of hydrogen-bond donors (Lipinski definition) is 1. The lowest BCUT2D eigenvalue weighted by atomic mass is 9.91. The largest absolute Gasteiger partial charge is 0.312 e. The molecule has 0 aliphatic heterocycles. The molecule has 0 fully saturated rings. The van der Waals surface area contributed by atoms with E-state index in [0.29, 0.717) is 4.75 Å². The minimum absolute atomic E-state index is 0.129. The fraction of sp³-hybridized carbons (Fsp3) is 0.812. The second-order valence-corrected chi connectivity index (χ2v) is 10.2. The van der Waals surface area contributed by atoms with Gasteiger partial charge in [-0.1, -0.05) is 48.5 Å². The second kappa shape index (κ2) is 7.28. The maximum Gasteiger partial charge on any atom is 0.103 e. The maximum absolute atomic E-state index is 4.92. The van der Waals surface area contributed by atoms with Crippen molar-refractivity contribution in [1.82, 2.24) is 10.3 Å². The van der Waals surface area contributed by atoms with Gasteiger partial charge in [-0.25, -0.2) is 4.98 Å². The molecule has 0 aliphatic carbocycles. The molecule has 0 saturated heterocycles. The third kappa shape index (κ3) is 6.15. The van der Waals surface area contributed by atoms with Gasteiger partial charge in [0.2, 0.25) is 0 Å². The molecule has 0 saturated carbocycles. The number of thiazole rings is 1. The van der Waals surface area contributed by atoms with E-state index in [4.69, 9.17) is 4.98 Å². The number of hydrogen-bond acceptors (Lipinski definition) is 4. The molecule has 1 heterocycles. The number of nitrogens with zero attached hydrogens (tertiary/aromatic N) is 1. The van der Waals surface area contributed by atoms with Gasteiger partial charge in [-0.2, -0.15) is 0 Å². The van der Waals surface area contributed by atoms with Gasteiger partial charge < -0.3 is 5.32 Å². The molecule has 0 unspecified atom stereocenters. The normalized spacial score (nSPS) is 12.9. The first-order valence-electron chi connectivity index (χ1n) is 7.47. The highest BCUT2D eigenvalue weighted by atomic mass is 32.2. The Labute approximate surface area is 133 Å². The van der Waals surface area contributed by atoms with Crippen molar-refractivity contribution in [1.29, 1.82) is 0 Å². The van der Waals surface area contributed by atoms with E-state index in [9.17, 15) is 0 Å². The highest BCUT2D eigenvalue weighted by Gasteiger charge is 2.23. The van der Waals surface area contributed by atoms with Crippen molar-refractivity contribution >= 4 is 23.1 Å². The number of nitrogens with one attached hydrogen (secondary N) is 1. The standard InChI is InChI=1S/C16H30N2S2/c1-8-9-17-10-12-14(15(2,3)4)18-13(20-12)11-19-16(5,6)7/h17H,8-11H2,1-7H3. The van der Waals surface area contributed by atoms with Crippen LogP contribution in [0.1, 0.15) is 70.5 Å². The van der Waals surface area contributed by atoms with Crippen LogP contribution in [-0.4, -0.2) is 16.3 Å². The molecule has 4 heteroatoms. The molecule has 0 spiro atoms. The van der Waals surface area contributed by atoms with Crippen LogP contribution in [0.5, 0.6) is 0 Å². The van der Waals surface area contributed by atoms with Crippen LogP contribution < -0.4 is 5.32 Å². The van der Waals surface area contributed by atoms with Gasteiger partial charge in [0.05, 0.1) is 5.69 Å². The number of rotatable bonds is 6. The maximum atomic E-state index is 4.92. The minimum atomic E-state index is 0.129. The first-order valence-corrected chi connectivity index (χ1v) is 9.27. The van der Waals surface area contributed by atoms with Gasteiger partial charge in [0.25, 0.3) is 0 Å². The average Bonchev–Trinajstić information content (AvgIpc) is 2.69. The smallest absolute Gasteiger partial charge is 0.103 e. The van der Waals surface area contributed by atoms with Crippen molar-refractivity contribution in [2.45, 2.75) is 77.3 Å². The summed E-state index contributed by atoms with van der Waals surface area (Å²) in [6, 6.07) is 0. The molecule has 20 heavy (non-hydrogen) atoms. The zero-order valence-electron chi connectivity index (χ0n) is 14.1. The highest BCUT2D eigenvalue weighted by molar-refractivity contribution is 7.99. The summed E-state index contributed by atoms with van der Waals surface area (Å²) in [5.41, 5.74) is 1.40. The van der Waals surface area contributed by atoms with Crippen LogP contribution >= 0.6 is 23.1 Å². The van der Waals surface area contributed by atoms with Gasteiger partial charge in [0.15, 0.2) is 0 Å².